The van der Waals surface area contributed by atoms with Crippen LogP contribution in [0.2, 0.25) is 0 Å². The van der Waals surface area contributed by atoms with E-state index >= 15 is 0 Å². The molecule has 0 saturated heterocycles. The Morgan fingerprint density at radius 3 is 0.950 bits per heavy atom. The van der Waals surface area contributed by atoms with Gasteiger partial charge in [-0.25, -0.2) is 0 Å². The van der Waals surface area contributed by atoms with E-state index in [4.69, 9.17) is 4.74 Å². The number of carbonyl (C=O) groups is 2. The van der Waals surface area contributed by atoms with Gasteiger partial charge in [0.05, 0.1) is 25.4 Å². The van der Waals surface area contributed by atoms with Gasteiger partial charge in [0.25, 0.3) is 0 Å². The van der Waals surface area contributed by atoms with Crippen LogP contribution in [0.3, 0.4) is 0 Å². The summed E-state index contributed by atoms with van der Waals surface area (Å²) < 4.78 is 5.50. The van der Waals surface area contributed by atoms with Gasteiger partial charge in [0.15, 0.2) is 0 Å². The zero-order valence-corrected chi connectivity index (χ0v) is 54.3. The van der Waals surface area contributed by atoms with Crippen molar-refractivity contribution in [3.05, 3.63) is 24.3 Å². The second kappa shape index (κ2) is 69.8. The molecule has 0 aliphatic carbocycles. The third-order valence-corrected chi connectivity index (χ3v) is 17.3. The van der Waals surface area contributed by atoms with Crippen LogP contribution in [0.5, 0.6) is 0 Å². The SMILES string of the molecule is CCCCCCCCCCCCCCCCCC(=O)OCCCCCCCCCCCCCCC/C=C\C/C=C\CCCCCCCCCCCCCCCCCCCC(=O)NC(CO)C(O)CCCCCCCCCCCCC. The molecule has 0 aliphatic heterocycles. The molecule has 0 aromatic heterocycles. The fourth-order valence-corrected chi connectivity index (χ4v) is 11.7. The average molecular weight is 1130 g/mol. The van der Waals surface area contributed by atoms with Gasteiger partial charge in [-0.3, -0.25) is 9.59 Å². The van der Waals surface area contributed by atoms with Crippen LogP contribution in [0.15, 0.2) is 24.3 Å². The first-order valence-electron chi connectivity index (χ1n) is 36.6. The van der Waals surface area contributed by atoms with Gasteiger partial charge in [-0.15, -0.1) is 0 Å². The molecule has 0 spiro atoms. The molecule has 2 unspecified atom stereocenters. The molecule has 0 heterocycles. The van der Waals surface area contributed by atoms with Crippen LogP contribution in [0.1, 0.15) is 412 Å². The second-order valence-corrected chi connectivity index (χ2v) is 25.3. The molecule has 0 aromatic rings. The summed E-state index contributed by atoms with van der Waals surface area (Å²) >= 11 is 0. The first-order valence-corrected chi connectivity index (χ1v) is 36.6. The van der Waals surface area contributed by atoms with Crippen molar-refractivity contribution in [1.82, 2.24) is 5.32 Å². The molecule has 6 heteroatoms. The maximum atomic E-state index is 12.5. The van der Waals surface area contributed by atoms with Gasteiger partial charge >= 0.3 is 5.97 Å². The lowest BCUT2D eigenvalue weighted by atomic mass is 10.0. The number of aliphatic hydroxyl groups is 2. The molecule has 1 amide bonds. The van der Waals surface area contributed by atoms with Crippen LogP contribution in [-0.2, 0) is 14.3 Å². The minimum absolute atomic E-state index is 0.0223. The van der Waals surface area contributed by atoms with Crippen molar-refractivity contribution >= 4 is 11.9 Å². The summed E-state index contributed by atoms with van der Waals surface area (Å²) in [4.78, 5) is 24.5. The Morgan fingerprint density at radius 1 is 0.350 bits per heavy atom. The zero-order valence-electron chi connectivity index (χ0n) is 54.3. The highest BCUT2D eigenvalue weighted by molar-refractivity contribution is 5.76. The van der Waals surface area contributed by atoms with Crippen LogP contribution in [0.4, 0.5) is 0 Å². The lowest BCUT2D eigenvalue weighted by molar-refractivity contribution is -0.143. The summed E-state index contributed by atoms with van der Waals surface area (Å²) in [5.41, 5.74) is 0. The number of rotatable bonds is 69. The van der Waals surface area contributed by atoms with Crippen LogP contribution < -0.4 is 5.32 Å². The first-order chi connectivity index (χ1) is 39.5. The average Bonchev–Trinajstić information content (AvgIpc) is 3.46. The minimum atomic E-state index is -0.660. The van der Waals surface area contributed by atoms with Crippen molar-refractivity contribution in [2.24, 2.45) is 0 Å². The number of hydrogen-bond donors (Lipinski definition) is 3. The van der Waals surface area contributed by atoms with Crippen LogP contribution >= 0.6 is 0 Å². The van der Waals surface area contributed by atoms with Crippen molar-refractivity contribution in [2.75, 3.05) is 13.2 Å². The monoisotopic (exact) mass is 1130 g/mol. The van der Waals surface area contributed by atoms with Crippen molar-refractivity contribution in [1.29, 1.82) is 0 Å². The van der Waals surface area contributed by atoms with E-state index in [2.05, 4.69) is 43.5 Å². The molecule has 2 atom stereocenters. The van der Waals surface area contributed by atoms with Gasteiger partial charge in [-0.1, -0.05) is 366 Å². The Kier molecular flexibility index (Phi) is 68.4. The van der Waals surface area contributed by atoms with Gasteiger partial charge < -0.3 is 20.3 Å². The molecule has 80 heavy (non-hydrogen) atoms. The van der Waals surface area contributed by atoms with E-state index < -0.39 is 12.1 Å². The fraction of sp³-hybridized carbons (Fsp3) is 0.919. The number of amides is 1. The number of hydrogen-bond acceptors (Lipinski definition) is 5. The Morgan fingerprint density at radius 2 is 0.625 bits per heavy atom. The molecule has 6 nitrogen and oxygen atoms in total. The standard InChI is InChI=1S/C74H143NO5/c1-3-5-7-9-11-13-15-16-40-44-48-52-56-60-64-68-74(79)80-69-65-61-57-53-49-45-42-39-37-35-33-31-29-27-25-23-21-19-17-18-20-22-24-26-28-30-32-34-36-38-41-43-47-51-55-59-63-67-73(78)75-71(70-76)72(77)66-62-58-54-50-46-14-12-10-8-6-4-2/h17,19,23,25,71-72,76-77H,3-16,18,20-22,24,26-70H2,1-2H3,(H,75,78)/b19-17-,25-23-. The highest BCUT2D eigenvalue weighted by atomic mass is 16.5. The Balaban J connectivity index is 3.33. The fourth-order valence-electron chi connectivity index (χ4n) is 11.7. The van der Waals surface area contributed by atoms with E-state index in [-0.39, 0.29) is 18.5 Å². The molecule has 474 valence electrons. The van der Waals surface area contributed by atoms with E-state index in [9.17, 15) is 19.8 Å². The van der Waals surface area contributed by atoms with Gasteiger partial charge in [-0.2, -0.15) is 0 Å². The summed E-state index contributed by atoms with van der Waals surface area (Å²) in [6.07, 6.45) is 88.3. The highest BCUT2D eigenvalue weighted by Gasteiger charge is 2.20. The third-order valence-electron chi connectivity index (χ3n) is 17.3. The number of unbranched alkanes of at least 4 members (excludes halogenated alkanes) is 54. The predicted molar refractivity (Wildman–Crippen MR) is 352 cm³/mol. The van der Waals surface area contributed by atoms with Crippen LogP contribution in [0, 0.1) is 0 Å². The smallest absolute Gasteiger partial charge is 0.305 e. The molecule has 0 aliphatic rings. The lowest BCUT2D eigenvalue weighted by Crippen LogP contribution is -2.45. The topological polar surface area (TPSA) is 95.9 Å². The normalized spacial score (nSPS) is 12.6. The molecule has 0 bridgehead atoms. The predicted octanol–water partition coefficient (Wildman–Crippen LogP) is 23.7. The number of carbonyl (C=O) groups excluding carboxylic acids is 2. The number of ether oxygens (including phenoxy) is 1. The quantitative estimate of drug-likeness (QED) is 0.0320. The lowest BCUT2D eigenvalue weighted by Gasteiger charge is -2.22. The summed E-state index contributed by atoms with van der Waals surface area (Å²) in [6.45, 7) is 4.98. The highest BCUT2D eigenvalue weighted by Crippen LogP contribution is 2.19. The van der Waals surface area contributed by atoms with E-state index in [1.165, 1.54) is 334 Å². The van der Waals surface area contributed by atoms with Gasteiger partial charge in [0.2, 0.25) is 5.91 Å². The molecule has 0 fully saturated rings. The number of allylic oxidation sites excluding steroid dienone is 4. The maximum Gasteiger partial charge on any atom is 0.305 e. The van der Waals surface area contributed by atoms with Crippen molar-refractivity contribution < 1.29 is 24.5 Å². The summed E-state index contributed by atoms with van der Waals surface area (Å²) in [6, 6.07) is -0.537. The summed E-state index contributed by atoms with van der Waals surface area (Å²) in [5.74, 6) is -0.00890. The summed E-state index contributed by atoms with van der Waals surface area (Å²) in [5, 5.41) is 23.2. The van der Waals surface area contributed by atoms with E-state index in [1.54, 1.807) is 0 Å². The first kappa shape index (κ1) is 78.3. The molecule has 0 aromatic carbocycles. The van der Waals surface area contributed by atoms with Gasteiger partial charge in [0, 0.05) is 12.8 Å². The van der Waals surface area contributed by atoms with Gasteiger partial charge in [-0.05, 0) is 57.8 Å². The van der Waals surface area contributed by atoms with Crippen molar-refractivity contribution in [3.8, 4) is 0 Å². The zero-order chi connectivity index (χ0) is 57.8. The largest absolute Gasteiger partial charge is 0.466 e. The summed E-state index contributed by atoms with van der Waals surface area (Å²) in [7, 11) is 0. The van der Waals surface area contributed by atoms with Crippen molar-refractivity contribution in [3.63, 3.8) is 0 Å². The third kappa shape index (κ3) is 65.5. The van der Waals surface area contributed by atoms with E-state index in [1.807, 2.05) is 0 Å². The molecular formula is C74H143NO5. The maximum absolute atomic E-state index is 12.5. The minimum Gasteiger partial charge on any atom is -0.466 e. The van der Waals surface area contributed by atoms with Crippen LogP contribution in [-0.4, -0.2) is 47.4 Å². The number of aliphatic hydroxyl groups excluding tert-OH is 2. The van der Waals surface area contributed by atoms with E-state index in [0.29, 0.717) is 25.9 Å². The number of nitrogens with one attached hydrogen (secondary N) is 1. The Labute approximate surface area is 501 Å². The molecular weight excluding hydrogens is 983 g/mol. The van der Waals surface area contributed by atoms with E-state index in [0.717, 1.165) is 44.9 Å². The Hall–Kier alpha value is -1.66. The van der Waals surface area contributed by atoms with Crippen molar-refractivity contribution in [2.45, 2.75) is 424 Å². The second-order valence-electron chi connectivity index (χ2n) is 25.3. The molecule has 0 radical (unpaired) electrons. The number of esters is 1. The van der Waals surface area contributed by atoms with Crippen LogP contribution in [0.25, 0.3) is 0 Å². The molecule has 3 N–H and O–H groups in total. The molecule has 0 saturated carbocycles. The van der Waals surface area contributed by atoms with Gasteiger partial charge in [0.1, 0.15) is 0 Å². The Bertz CT molecular complexity index is 1250. The molecule has 0 rings (SSSR count).